The van der Waals surface area contributed by atoms with Gasteiger partial charge in [0.15, 0.2) is 5.78 Å². The van der Waals surface area contributed by atoms with Crippen LogP contribution in [0.15, 0.2) is 29.8 Å². The SMILES string of the molecule is COc1ccc(C=C2CCC(CO)CC2=O)cc1. The molecule has 2 rings (SSSR count). The predicted octanol–water partition coefficient (Wildman–Crippen LogP) is 2.44. The maximum absolute atomic E-state index is 11.9. The second-order valence-corrected chi connectivity index (χ2v) is 4.66. The number of benzene rings is 1. The fraction of sp³-hybridized carbons (Fsp3) is 0.400. The van der Waals surface area contributed by atoms with E-state index in [0.29, 0.717) is 6.42 Å². The lowest BCUT2D eigenvalue weighted by Crippen LogP contribution is -2.20. The third kappa shape index (κ3) is 2.99. The van der Waals surface area contributed by atoms with Gasteiger partial charge in [0.05, 0.1) is 7.11 Å². The Kier molecular flexibility index (Phi) is 4.15. The third-order valence-corrected chi connectivity index (χ3v) is 3.37. The van der Waals surface area contributed by atoms with E-state index in [1.165, 1.54) is 0 Å². The third-order valence-electron chi connectivity index (χ3n) is 3.37. The molecule has 3 heteroatoms. The number of aliphatic hydroxyl groups excluding tert-OH is 1. The summed E-state index contributed by atoms with van der Waals surface area (Å²) in [6.45, 7) is 0.113. The minimum atomic E-state index is 0.113. The fourth-order valence-electron chi connectivity index (χ4n) is 2.20. The zero-order chi connectivity index (χ0) is 13.0. The highest BCUT2D eigenvalue weighted by molar-refractivity contribution is 6.00. The Hall–Kier alpha value is -1.61. The molecule has 96 valence electrons. The van der Waals surface area contributed by atoms with Gasteiger partial charge in [-0.1, -0.05) is 12.1 Å². The van der Waals surface area contributed by atoms with E-state index in [0.717, 1.165) is 29.7 Å². The molecular weight excluding hydrogens is 228 g/mol. The first-order valence-electron chi connectivity index (χ1n) is 6.21. The van der Waals surface area contributed by atoms with Crippen molar-refractivity contribution in [2.45, 2.75) is 19.3 Å². The number of allylic oxidation sites excluding steroid dienone is 1. The number of Topliss-reactive ketones (excluding diaryl/α,β-unsaturated/α-hetero) is 1. The van der Waals surface area contributed by atoms with Crippen LogP contribution in [0.5, 0.6) is 5.75 Å². The van der Waals surface area contributed by atoms with Crippen LogP contribution in [-0.2, 0) is 4.79 Å². The Labute approximate surface area is 107 Å². The van der Waals surface area contributed by atoms with Crippen LogP contribution in [0, 0.1) is 5.92 Å². The molecule has 0 bridgehead atoms. The zero-order valence-electron chi connectivity index (χ0n) is 10.6. The van der Waals surface area contributed by atoms with E-state index < -0.39 is 0 Å². The number of ether oxygens (including phenoxy) is 1. The highest BCUT2D eigenvalue weighted by Crippen LogP contribution is 2.27. The van der Waals surface area contributed by atoms with Crippen molar-refractivity contribution in [2.75, 3.05) is 13.7 Å². The summed E-state index contributed by atoms with van der Waals surface area (Å²) in [4.78, 5) is 11.9. The maximum Gasteiger partial charge on any atom is 0.159 e. The fourth-order valence-corrected chi connectivity index (χ4v) is 2.20. The minimum Gasteiger partial charge on any atom is -0.497 e. The van der Waals surface area contributed by atoms with Crippen LogP contribution in [0.3, 0.4) is 0 Å². The molecule has 0 heterocycles. The molecule has 1 aromatic carbocycles. The van der Waals surface area contributed by atoms with Crippen molar-refractivity contribution in [1.82, 2.24) is 0 Å². The van der Waals surface area contributed by atoms with Crippen LogP contribution in [0.4, 0.5) is 0 Å². The number of hydrogen-bond acceptors (Lipinski definition) is 3. The lowest BCUT2D eigenvalue weighted by molar-refractivity contribution is -0.117. The topological polar surface area (TPSA) is 46.5 Å². The second kappa shape index (κ2) is 5.83. The lowest BCUT2D eigenvalue weighted by atomic mass is 9.84. The highest BCUT2D eigenvalue weighted by Gasteiger charge is 2.22. The molecule has 0 saturated heterocycles. The molecule has 1 N–H and O–H groups in total. The lowest BCUT2D eigenvalue weighted by Gasteiger charge is -2.20. The van der Waals surface area contributed by atoms with Gasteiger partial charge in [0.2, 0.25) is 0 Å². The Morgan fingerprint density at radius 3 is 2.67 bits per heavy atom. The van der Waals surface area contributed by atoms with Gasteiger partial charge >= 0.3 is 0 Å². The summed E-state index contributed by atoms with van der Waals surface area (Å²) in [5, 5.41) is 9.06. The van der Waals surface area contributed by atoms with Crippen molar-refractivity contribution in [3.63, 3.8) is 0 Å². The molecular formula is C15H18O3. The van der Waals surface area contributed by atoms with Crippen LogP contribution in [0.1, 0.15) is 24.8 Å². The largest absolute Gasteiger partial charge is 0.497 e. The van der Waals surface area contributed by atoms with E-state index >= 15 is 0 Å². The van der Waals surface area contributed by atoms with E-state index in [1.54, 1.807) is 7.11 Å². The number of hydrogen-bond donors (Lipinski definition) is 1. The molecule has 1 unspecified atom stereocenters. The van der Waals surface area contributed by atoms with E-state index in [-0.39, 0.29) is 18.3 Å². The van der Waals surface area contributed by atoms with E-state index in [2.05, 4.69) is 0 Å². The van der Waals surface area contributed by atoms with Gasteiger partial charge in [-0.05, 0) is 48.1 Å². The summed E-state index contributed by atoms with van der Waals surface area (Å²) in [5.41, 5.74) is 1.88. The Bertz CT molecular complexity index is 445. The number of rotatable bonds is 3. The molecule has 0 aliphatic heterocycles. The molecule has 1 saturated carbocycles. The van der Waals surface area contributed by atoms with Gasteiger partial charge in [0, 0.05) is 13.0 Å². The first-order chi connectivity index (χ1) is 8.72. The molecule has 1 aromatic rings. The van der Waals surface area contributed by atoms with Crippen molar-refractivity contribution in [3.8, 4) is 5.75 Å². The number of ketones is 1. The average molecular weight is 246 g/mol. The summed E-state index contributed by atoms with van der Waals surface area (Å²) >= 11 is 0. The maximum atomic E-state index is 11.9. The van der Waals surface area contributed by atoms with Crippen LogP contribution in [0.2, 0.25) is 0 Å². The standard InChI is InChI=1S/C15H18O3/c1-18-14-6-3-11(4-7-14)8-13-5-2-12(10-16)9-15(13)17/h3-4,6-8,12,16H,2,5,9-10H2,1H3. The summed E-state index contributed by atoms with van der Waals surface area (Å²) in [5.74, 6) is 1.12. The minimum absolute atomic E-state index is 0.113. The van der Waals surface area contributed by atoms with E-state index in [1.807, 2.05) is 30.3 Å². The number of carbonyl (C=O) groups excluding carboxylic acids is 1. The van der Waals surface area contributed by atoms with Crippen LogP contribution in [-0.4, -0.2) is 24.6 Å². The predicted molar refractivity (Wildman–Crippen MR) is 70.4 cm³/mol. The molecule has 1 aliphatic rings. The van der Waals surface area contributed by atoms with Gasteiger partial charge in [-0.2, -0.15) is 0 Å². The summed E-state index contributed by atoms with van der Waals surface area (Å²) < 4.78 is 5.09. The molecule has 1 atom stereocenters. The Morgan fingerprint density at radius 2 is 2.11 bits per heavy atom. The summed E-state index contributed by atoms with van der Waals surface area (Å²) in [6.07, 6.45) is 4.06. The van der Waals surface area contributed by atoms with Crippen molar-refractivity contribution in [1.29, 1.82) is 0 Å². The smallest absolute Gasteiger partial charge is 0.159 e. The molecule has 1 aliphatic carbocycles. The first kappa shape index (κ1) is 12.8. The van der Waals surface area contributed by atoms with E-state index in [4.69, 9.17) is 9.84 Å². The summed E-state index contributed by atoms with van der Waals surface area (Å²) in [7, 11) is 1.63. The number of methoxy groups -OCH3 is 1. The molecule has 18 heavy (non-hydrogen) atoms. The van der Waals surface area contributed by atoms with Crippen LogP contribution in [0.25, 0.3) is 6.08 Å². The van der Waals surface area contributed by atoms with Gasteiger partial charge in [-0.25, -0.2) is 0 Å². The van der Waals surface area contributed by atoms with Crippen LogP contribution < -0.4 is 4.74 Å². The quantitative estimate of drug-likeness (QED) is 0.833. The van der Waals surface area contributed by atoms with Gasteiger partial charge in [0.25, 0.3) is 0 Å². The average Bonchev–Trinajstić information content (AvgIpc) is 2.42. The Morgan fingerprint density at radius 1 is 1.39 bits per heavy atom. The second-order valence-electron chi connectivity index (χ2n) is 4.66. The van der Waals surface area contributed by atoms with Crippen molar-refractivity contribution in [2.24, 2.45) is 5.92 Å². The molecule has 0 spiro atoms. The Balaban J connectivity index is 2.10. The van der Waals surface area contributed by atoms with Crippen molar-refractivity contribution < 1.29 is 14.6 Å². The summed E-state index contributed by atoms with van der Waals surface area (Å²) in [6, 6.07) is 7.65. The first-order valence-corrected chi connectivity index (χ1v) is 6.21. The molecule has 0 radical (unpaired) electrons. The molecule has 3 nitrogen and oxygen atoms in total. The number of aliphatic hydroxyl groups is 1. The van der Waals surface area contributed by atoms with Gasteiger partial charge in [0.1, 0.15) is 5.75 Å². The molecule has 0 aromatic heterocycles. The van der Waals surface area contributed by atoms with Crippen molar-refractivity contribution in [3.05, 3.63) is 35.4 Å². The highest BCUT2D eigenvalue weighted by atomic mass is 16.5. The zero-order valence-corrected chi connectivity index (χ0v) is 10.6. The van der Waals surface area contributed by atoms with E-state index in [9.17, 15) is 4.79 Å². The molecule has 1 fully saturated rings. The monoisotopic (exact) mass is 246 g/mol. The number of carbonyl (C=O) groups is 1. The van der Waals surface area contributed by atoms with Crippen LogP contribution >= 0.6 is 0 Å². The normalized spacial score (nSPS) is 22.2. The van der Waals surface area contributed by atoms with Crippen molar-refractivity contribution >= 4 is 11.9 Å². The van der Waals surface area contributed by atoms with Gasteiger partial charge < -0.3 is 9.84 Å². The van der Waals surface area contributed by atoms with Gasteiger partial charge in [-0.15, -0.1) is 0 Å². The van der Waals surface area contributed by atoms with Gasteiger partial charge in [-0.3, -0.25) is 4.79 Å². The molecule has 0 amide bonds.